The van der Waals surface area contributed by atoms with E-state index in [1.807, 2.05) is 0 Å². The molecule has 2 rings (SSSR count). The number of likely N-dealkylation sites (tertiary alicyclic amines) is 1. The van der Waals surface area contributed by atoms with Crippen molar-refractivity contribution < 1.29 is 17.9 Å². The van der Waals surface area contributed by atoms with E-state index >= 15 is 0 Å². The predicted octanol–water partition coefficient (Wildman–Crippen LogP) is 0.632. The van der Waals surface area contributed by atoms with E-state index in [2.05, 4.69) is 4.90 Å². The number of nitrogens with zero attached hydrogens (tertiary/aromatic N) is 3. The van der Waals surface area contributed by atoms with Crippen molar-refractivity contribution in [3.63, 3.8) is 0 Å². The summed E-state index contributed by atoms with van der Waals surface area (Å²) in [5, 5.41) is 0. The topological polar surface area (TPSA) is 62.3 Å². The fourth-order valence-corrected chi connectivity index (χ4v) is 5.38. The van der Waals surface area contributed by atoms with Crippen LogP contribution in [0, 0.1) is 5.92 Å². The number of rotatable bonds is 9. The molecule has 142 valence electrons. The van der Waals surface area contributed by atoms with E-state index in [0.29, 0.717) is 25.6 Å². The summed E-state index contributed by atoms with van der Waals surface area (Å²) in [6.45, 7) is 5.46. The second-order valence-corrected chi connectivity index (χ2v) is 8.92. The van der Waals surface area contributed by atoms with Gasteiger partial charge in [0.25, 0.3) is 10.2 Å². The maximum absolute atomic E-state index is 12.9. The van der Waals surface area contributed by atoms with Gasteiger partial charge in [-0.05, 0) is 44.7 Å². The summed E-state index contributed by atoms with van der Waals surface area (Å²) in [5.41, 5.74) is 0. The lowest BCUT2D eigenvalue weighted by Crippen LogP contribution is -2.48. The summed E-state index contributed by atoms with van der Waals surface area (Å²) >= 11 is 0. The standard InChI is InChI=1S/C16H33N3O4S/c1-17(13-15-6-9-18(10-7-15)11-12-22-2)24(20,21)19-8-4-5-16(19)14-23-3/h15-16H,4-14H2,1-3H3. The van der Waals surface area contributed by atoms with Crippen LogP contribution >= 0.6 is 0 Å². The zero-order valence-corrected chi connectivity index (χ0v) is 16.1. The number of ether oxygens (including phenoxy) is 2. The van der Waals surface area contributed by atoms with Gasteiger partial charge in [0.15, 0.2) is 0 Å². The summed E-state index contributed by atoms with van der Waals surface area (Å²) < 4.78 is 39.2. The van der Waals surface area contributed by atoms with Gasteiger partial charge in [0.1, 0.15) is 0 Å². The van der Waals surface area contributed by atoms with Crippen molar-refractivity contribution in [1.29, 1.82) is 0 Å². The van der Waals surface area contributed by atoms with Crippen molar-refractivity contribution in [3.8, 4) is 0 Å². The fourth-order valence-electron chi connectivity index (χ4n) is 3.72. The molecular formula is C16H33N3O4S. The van der Waals surface area contributed by atoms with E-state index in [9.17, 15) is 8.42 Å². The molecular weight excluding hydrogens is 330 g/mol. The van der Waals surface area contributed by atoms with Gasteiger partial charge in [0.2, 0.25) is 0 Å². The second kappa shape index (κ2) is 9.45. The van der Waals surface area contributed by atoms with Crippen LogP contribution in [-0.2, 0) is 19.7 Å². The molecule has 2 heterocycles. The highest BCUT2D eigenvalue weighted by atomic mass is 32.2. The minimum absolute atomic E-state index is 0.0154. The number of hydrogen-bond donors (Lipinski definition) is 0. The third-order valence-electron chi connectivity index (χ3n) is 5.21. The molecule has 24 heavy (non-hydrogen) atoms. The Morgan fingerprint density at radius 3 is 2.42 bits per heavy atom. The van der Waals surface area contributed by atoms with E-state index in [-0.39, 0.29) is 6.04 Å². The lowest BCUT2D eigenvalue weighted by molar-refractivity contribution is 0.115. The highest BCUT2D eigenvalue weighted by molar-refractivity contribution is 7.86. The monoisotopic (exact) mass is 363 g/mol. The van der Waals surface area contributed by atoms with Gasteiger partial charge in [0.05, 0.1) is 13.2 Å². The molecule has 8 heteroatoms. The molecule has 2 fully saturated rings. The molecule has 2 saturated heterocycles. The molecule has 7 nitrogen and oxygen atoms in total. The summed E-state index contributed by atoms with van der Waals surface area (Å²) in [7, 11) is 1.69. The third-order valence-corrected chi connectivity index (χ3v) is 7.22. The average Bonchev–Trinajstić information content (AvgIpc) is 3.03. The lowest BCUT2D eigenvalue weighted by atomic mass is 9.97. The Labute approximate surface area is 147 Å². The first kappa shape index (κ1) is 20.1. The van der Waals surface area contributed by atoms with Crippen molar-refractivity contribution in [2.75, 3.05) is 67.2 Å². The smallest absolute Gasteiger partial charge is 0.282 e. The molecule has 0 N–H and O–H groups in total. The second-order valence-electron chi connectivity index (χ2n) is 6.93. The van der Waals surface area contributed by atoms with Crippen LogP contribution in [-0.4, -0.2) is 95.2 Å². The minimum atomic E-state index is -3.38. The van der Waals surface area contributed by atoms with Crippen LogP contribution in [0.5, 0.6) is 0 Å². The van der Waals surface area contributed by atoms with Gasteiger partial charge in [-0.25, -0.2) is 0 Å². The highest BCUT2D eigenvalue weighted by Crippen LogP contribution is 2.25. The minimum Gasteiger partial charge on any atom is -0.383 e. The number of methoxy groups -OCH3 is 2. The summed E-state index contributed by atoms with van der Waals surface area (Å²) in [5.74, 6) is 0.437. The van der Waals surface area contributed by atoms with Crippen molar-refractivity contribution in [2.24, 2.45) is 5.92 Å². The van der Waals surface area contributed by atoms with Gasteiger partial charge in [-0.3, -0.25) is 0 Å². The van der Waals surface area contributed by atoms with Crippen LogP contribution in [0.25, 0.3) is 0 Å². The van der Waals surface area contributed by atoms with Gasteiger partial charge < -0.3 is 14.4 Å². The van der Waals surface area contributed by atoms with E-state index in [1.54, 1.807) is 29.9 Å². The molecule has 2 aliphatic heterocycles. The Balaban J connectivity index is 1.84. The zero-order chi connectivity index (χ0) is 17.6. The first-order chi connectivity index (χ1) is 11.5. The number of hydrogen-bond acceptors (Lipinski definition) is 5. The van der Waals surface area contributed by atoms with Crippen LogP contribution in [0.15, 0.2) is 0 Å². The largest absolute Gasteiger partial charge is 0.383 e. The van der Waals surface area contributed by atoms with Gasteiger partial charge in [0, 0.05) is 46.9 Å². The SMILES string of the molecule is COCCN1CCC(CN(C)S(=O)(=O)N2CCCC2COC)CC1. The molecule has 0 aliphatic carbocycles. The molecule has 0 aromatic heterocycles. The Morgan fingerprint density at radius 1 is 1.08 bits per heavy atom. The Bertz CT molecular complexity index is 466. The quantitative estimate of drug-likeness (QED) is 0.601. The van der Waals surface area contributed by atoms with Gasteiger partial charge in [-0.2, -0.15) is 17.0 Å². The molecule has 0 aromatic rings. The Hall–Kier alpha value is -0.250. The summed E-state index contributed by atoms with van der Waals surface area (Å²) in [4.78, 5) is 2.39. The van der Waals surface area contributed by atoms with Crippen molar-refractivity contribution >= 4 is 10.2 Å². The maximum atomic E-state index is 12.9. The molecule has 0 bridgehead atoms. The van der Waals surface area contributed by atoms with Gasteiger partial charge in [-0.15, -0.1) is 0 Å². The lowest BCUT2D eigenvalue weighted by Gasteiger charge is -2.35. The molecule has 2 aliphatic rings. The highest BCUT2D eigenvalue weighted by Gasteiger charge is 2.37. The first-order valence-corrected chi connectivity index (χ1v) is 10.3. The van der Waals surface area contributed by atoms with E-state index in [1.165, 1.54) is 0 Å². The summed E-state index contributed by atoms with van der Waals surface area (Å²) in [6.07, 6.45) is 3.90. The van der Waals surface area contributed by atoms with Crippen molar-refractivity contribution in [2.45, 2.75) is 31.7 Å². The van der Waals surface area contributed by atoms with E-state index in [0.717, 1.165) is 51.9 Å². The fraction of sp³-hybridized carbons (Fsp3) is 1.00. The van der Waals surface area contributed by atoms with Crippen LogP contribution in [0.1, 0.15) is 25.7 Å². The molecule has 0 radical (unpaired) electrons. The van der Waals surface area contributed by atoms with Crippen molar-refractivity contribution in [1.82, 2.24) is 13.5 Å². The number of piperidine rings is 1. The molecule has 0 saturated carbocycles. The predicted molar refractivity (Wildman–Crippen MR) is 94.2 cm³/mol. The Kier molecular flexibility index (Phi) is 7.90. The van der Waals surface area contributed by atoms with E-state index < -0.39 is 10.2 Å². The normalized spacial score (nSPS) is 24.9. The first-order valence-electron chi connectivity index (χ1n) is 8.92. The van der Waals surface area contributed by atoms with Gasteiger partial charge >= 0.3 is 0 Å². The van der Waals surface area contributed by atoms with Crippen LogP contribution in [0.2, 0.25) is 0 Å². The van der Waals surface area contributed by atoms with Gasteiger partial charge in [-0.1, -0.05) is 0 Å². The van der Waals surface area contributed by atoms with E-state index in [4.69, 9.17) is 9.47 Å². The molecule has 0 amide bonds. The van der Waals surface area contributed by atoms with Crippen LogP contribution in [0.3, 0.4) is 0 Å². The molecule has 0 spiro atoms. The maximum Gasteiger partial charge on any atom is 0.282 e. The van der Waals surface area contributed by atoms with Crippen LogP contribution < -0.4 is 0 Å². The third kappa shape index (κ3) is 5.12. The average molecular weight is 364 g/mol. The zero-order valence-electron chi connectivity index (χ0n) is 15.3. The van der Waals surface area contributed by atoms with Crippen LogP contribution in [0.4, 0.5) is 0 Å². The van der Waals surface area contributed by atoms with Crippen molar-refractivity contribution in [3.05, 3.63) is 0 Å². The summed E-state index contributed by atoms with van der Waals surface area (Å²) in [6, 6.07) is -0.0154. The molecule has 1 atom stereocenters. The molecule has 0 aromatic carbocycles. The Morgan fingerprint density at radius 2 is 1.79 bits per heavy atom. The molecule has 1 unspecified atom stereocenters.